The van der Waals surface area contributed by atoms with Crippen LogP contribution in [0.4, 0.5) is 5.69 Å². The normalized spacial score (nSPS) is 19.6. The average Bonchev–Trinajstić information content (AvgIpc) is 3.21. The molecule has 5 heteroatoms. The zero-order chi connectivity index (χ0) is 19.1. The number of nitrogens with zero attached hydrogens (tertiary/aromatic N) is 2. The Labute approximate surface area is 157 Å². The third kappa shape index (κ3) is 1.97. The summed E-state index contributed by atoms with van der Waals surface area (Å²) in [4.78, 5) is 27.8. The molecular weight excluding hydrogens is 338 g/mol. The van der Waals surface area contributed by atoms with E-state index in [4.69, 9.17) is 0 Å². The highest BCUT2D eigenvalue weighted by atomic mass is 16.2. The van der Waals surface area contributed by atoms with Crippen molar-refractivity contribution in [2.75, 3.05) is 4.90 Å². The Balaban J connectivity index is 1.87. The van der Waals surface area contributed by atoms with Crippen molar-refractivity contribution in [3.05, 3.63) is 58.8 Å². The summed E-state index contributed by atoms with van der Waals surface area (Å²) in [7, 11) is 0. The number of aromatic amines is 1. The van der Waals surface area contributed by atoms with Crippen LogP contribution in [0.2, 0.25) is 0 Å². The van der Waals surface area contributed by atoms with Gasteiger partial charge in [0.1, 0.15) is 0 Å². The fraction of sp³-hybridized carbons (Fsp3) is 0.318. The molecular formula is C22H21N3O2. The lowest BCUT2D eigenvalue weighted by molar-refractivity contribution is 0.0926. The van der Waals surface area contributed by atoms with Crippen molar-refractivity contribution >= 4 is 28.4 Å². The van der Waals surface area contributed by atoms with Crippen LogP contribution in [0.25, 0.3) is 10.9 Å². The minimum absolute atomic E-state index is 0.0500. The highest BCUT2D eigenvalue weighted by Gasteiger charge is 2.48. The SMILES string of the molecule is CC1(C)CC(C)(C)c2c1cc1[nH]ncc1c2N1C(=O)c2ccccc2C1=O. The van der Waals surface area contributed by atoms with E-state index in [1.54, 1.807) is 30.5 Å². The molecule has 2 amide bonds. The zero-order valence-electron chi connectivity index (χ0n) is 15.9. The monoisotopic (exact) mass is 359 g/mol. The summed E-state index contributed by atoms with van der Waals surface area (Å²) in [5.74, 6) is -0.515. The molecule has 2 aromatic carbocycles. The van der Waals surface area contributed by atoms with Gasteiger partial charge >= 0.3 is 0 Å². The highest BCUT2D eigenvalue weighted by molar-refractivity contribution is 6.36. The summed E-state index contributed by atoms with van der Waals surface area (Å²) < 4.78 is 0. The van der Waals surface area contributed by atoms with Crippen LogP contribution in [0.1, 0.15) is 66.0 Å². The minimum atomic E-state index is -0.257. The van der Waals surface area contributed by atoms with E-state index < -0.39 is 0 Å². The summed E-state index contributed by atoms with van der Waals surface area (Å²) in [6, 6.07) is 9.17. The topological polar surface area (TPSA) is 66.1 Å². The van der Waals surface area contributed by atoms with E-state index >= 15 is 0 Å². The van der Waals surface area contributed by atoms with E-state index in [0.29, 0.717) is 16.8 Å². The Hall–Kier alpha value is -2.95. The second-order valence-corrected chi connectivity index (χ2v) is 8.91. The number of carbonyl (C=O) groups excluding carboxylic acids is 2. The van der Waals surface area contributed by atoms with Crippen molar-refractivity contribution in [2.24, 2.45) is 0 Å². The molecule has 0 saturated carbocycles. The number of imide groups is 1. The Morgan fingerprint density at radius 2 is 1.63 bits per heavy atom. The van der Waals surface area contributed by atoms with Crippen LogP contribution in [0, 0.1) is 0 Å². The van der Waals surface area contributed by atoms with Gasteiger partial charge in [0.15, 0.2) is 0 Å². The fourth-order valence-electron chi connectivity index (χ4n) is 5.21. The molecule has 1 N–H and O–H groups in total. The maximum absolute atomic E-state index is 13.2. The number of benzene rings is 2. The molecule has 0 unspecified atom stereocenters. The van der Waals surface area contributed by atoms with Crippen LogP contribution in [-0.4, -0.2) is 22.0 Å². The number of amides is 2. The first-order valence-electron chi connectivity index (χ1n) is 9.21. The number of rotatable bonds is 1. The van der Waals surface area contributed by atoms with Crippen molar-refractivity contribution in [1.29, 1.82) is 0 Å². The Bertz CT molecular complexity index is 1120. The summed E-state index contributed by atoms with van der Waals surface area (Å²) in [5, 5.41) is 8.04. The average molecular weight is 359 g/mol. The van der Waals surface area contributed by atoms with Crippen molar-refractivity contribution in [3.8, 4) is 0 Å². The third-order valence-electron chi connectivity index (χ3n) is 6.03. The molecule has 2 aliphatic rings. The first kappa shape index (κ1) is 16.2. The quantitative estimate of drug-likeness (QED) is 0.658. The number of aromatic nitrogens is 2. The molecule has 1 aliphatic heterocycles. The van der Waals surface area contributed by atoms with Gasteiger partial charge in [0.25, 0.3) is 11.8 Å². The maximum Gasteiger partial charge on any atom is 0.266 e. The molecule has 0 fully saturated rings. The molecule has 5 nitrogen and oxygen atoms in total. The van der Waals surface area contributed by atoms with E-state index in [9.17, 15) is 9.59 Å². The number of fused-ring (bicyclic) bond motifs is 3. The fourth-order valence-corrected chi connectivity index (χ4v) is 5.21. The highest BCUT2D eigenvalue weighted by Crippen LogP contribution is 2.55. The first-order chi connectivity index (χ1) is 12.7. The van der Waals surface area contributed by atoms with Crippen LogP contribution in [0.15, 0.2) is 36.5 Å². The second-order valence-electron chi connectivity index (χ2n) is 8.91. The van der Waals surface area contributed by atoms with Gasteiger partial charge in [-0.05, 0) is 46.6 Å². The number of carbonyl (C=O) groups is 2. The van der Waals surface area contributed by atoms with Crippen molar-refractivity contribution < 1.29 is 9.59 Å². The van der Waals surface area contributed by atoms with Gasteiger partial charge < -0.3 is 0 Å². The molecule has 27 heavy (non-hydrogen) atoms. The van der Waals surface area contributed by atoms with Gasteiger partial charge in [-0.1, -0.05) is 39.8 Å². The largest absolute Gasteiger partial charge is 0.278 e. The molecule has 1 aromatic heterocycles. The molecule has 0 spiro atoms. The lowest BCUT2D eigenvalue weighted by atomic mass is 9.81. The van der Waals surface area contributed by atoms with Crippen molar-refractivity contribution in [3.63, 3.8) is 0 Å². The maximum atomic E-state index is 13.2. The predicted octanol–water partition coefficient (Wildman–Crippen LogP) is 4.32. The van der Waals surface area contributed by atoms with E-state index in [-0.39, 0.29) is 22.6 Å². The van der Waals surface area contributed by atoms with Gasteiger partial charge in [-0.2, -0.15) is 5.10 Å². The lowest BCUT2D eigenvalue weighted by Gasteiger charge is -2.27. The van der Waals surface area contributed by atoms with E-state index in [1.165, 1.54) is 10.5 Å². The van der Waals surface area contributed by atoms with E-state index in [2.05, 4.69) is 44.0 Å². The van der Waals surface area contributed by atoms with Gasteiger partial charge in [0.05, 0.1) is 28.5 Å². The van der Waals surface area contributed by atoms with Crippen molar-refractivity contribution in [1.82, 2.24) is 10.2 Å². The smallest absolute Gasteiger partial charge is 0.266 e. The number of H-pyrrole nitrogens is 1. The Kier molecular flexibility index (Phi) is 2.92. The first-order valence-corrected chi connectivity index (χ1v) is 9.21. The molecule has 3 aromatic rings. The molecule has 136 valence electrons. The molecule has 5 rings (SSSR count). The molecule has 1 aliphatic carbocycles. The van der Waals surface area contributed by atoms with Gasteiger partial charge in [-0.3, -0.25) is 14.7 Å². The minimum Gasteiger partial charge on any atom is -0.278 e. The van der Waals surface area contributed by atoms with Gasteiger partial charge in [-0.15, -0.1) is 0 Å². The molecule has 0 saturated heterocycles. The third-order valence-corrected chi connectivity index (χ3v) is 6.03. The standard InChI is InChI=1S/C22H21N3O2/c1-21(2)11-22(3,4)17-15(21)9-16-14(10-23-24-16)18(17)25-19(26)12-7-5-6-8-13(12)20(25)27/h5-10H,11H2,1-4H3,(H,23,24). The van der Waals surface area contributed by atoms with Gasteiger partial charge in [0, 0.05) is 5.39 Å². The lowest BCUT2D eigenvalue weighted by Crippen LogP contribution is -2.32. The summed E-state index contributed by atoms with van der Waals surface area (Å²) in [5.41, 5.74) is 4.52. The zero-order valence-corrected chi connectivity index (χ0v) is 15.9. The molecule has 2 heterocycles. The number of anilines is 1. The van der Waals surface area contributed by atoms with Crippen LogP contribution in [0.5, 0.6) is 0 Å². The van der Waals surface area contributed by atoms with E-state index in [0.717, 1.165) is 22.9 Å². The van der Waals surface area contributed by atoms with Gasteiger partial charge in [-0.25, -0.2) is 4.90 Å². The molecule has 0 atom stereocenters. The summed E-state index contributed by atoms with van der Waals surface area (Å²) in [6.07, 6.45) is 2.67. The molecule has 0 radical (unpaired) electrons. The van der Waals surface area contributed by atoms with Crippen LogP contribution < -0.4 is 4.90 Å². The number of hydrogen-bond donors (Lipinski definition) is 1. The summed E-state index contributed by atoms with van der Waals surface area (Å²) >= 11 is 0. The Morgan fingerprint density at radius 3 is 2.26 bits per heavy atom. The van der Waals surface area contributed by atoms with Gasteiger partial charge in [0.2, 0.25) is 0 Å². The van der Waals surface area contributed by atoms with Crippen molar-refractivity contribution in [2.45, 2.75) is 44.9 Å². The summed E-state index contributed by atoms with van der Waals surface area (Å²) in [6.45, 7) is 8.81. The Morgan fingerprint density at radius 1 is 1.00 bits per heavy atom. The molecule has 0 bridgehead atoms. The van der Waals surface area contributed by atoms with E-state index in [1.807, 2.05) is 0 Å². The van der Waals surface area contributed by atoms with Crippen LogP contribution >= 0.6 is 0 Å². The van der Waals surface area contributed by atoms with Crippen LogP contribution in [0.3, 0.4) is 0 Å². The van der Waals surface area contributed by atoms with Crippen LogP contribution in [-0.2, 0) is 10.8 Å². The number of hydrogen-bond acceptors (Lipinski definition) is 3. The number of nitrogens with one attached hydrogen (secondary N) is 1. The predicted molar refractivity (Wildman–Crippen MR) is 104 cm³/mol. The second kappa shape index (κ2) is 4.85.